The molecule has 1 aliphatic heterocycles. The predicted octanol–water partition coefficient (Wildman–Crippen LogP) is 4.65. The number of carbonyl (C=O) groups excluding carboxylic acids is 1. The van der Waals surface area contributed by atoms with Crippen molar-refractivity contribution < 1.29 is 4.79 Å². The van der Waals surface area contributed by atoms with Crippen LogP contribution in [0.4, 0.5) is 17.2 Å². The zero-order valence-electron chi connectivity index (χ0n) is 12.2. The molecule has 0 atom stereocenters. The third-order valence-electron chi connectivity index (χ3n) is 3.68. The maximum Gasteiger partial charge on any atom is 0.230 e. The molecule has 0 spiro atoms. The van der Waals surface area contributed by atoms with E-state index >= 15 is 0 Å². The summed E-state index contributed by atoms with van der Waals surface area (Å²) in [6, 6.07) is 9.25. The minimum Gasteiger partial charge on any atom is -0.340 e. The quantitative estimate of drug-likeness (QED) is 0.785. The number of nitrogens with zero attached hydrogens (tertiary/aromatic N) is 1. The van der Waals surface area contributed by atoms with Crippen LogP contribution in [0.15, 0.2) is 30.3 Å². The van der Waals surface area contributed by atoms with E-state index < -0.39 is 5.41 Å². The van der Waals surface area contributed by atoms with Crippen LogP contribution in [0.2, 0.25) is 10.2 Å². The van der Waals surface area contributed by atoms with Crippen molar-refractivity contribution in [1.29, 1.82) is 0 Å². The molecule has 0 radical (unpaired) electrons. The topological polar surface area (TPSA) is 54.0 Å². The molecule has 0 saturated carbocycles. The van der Waals surface area contributed by atoms with Gasteiger partial charge < -0.3 is 10.6 Å². The van der Waals surface area contributed by atoms with Crippen LogP contribution in [-0.4, -0.2) is 10.9 Å². The van der Waals surface area contributed by atoms with Gasteiger partial charge in [0.15, 0.2) is 0 Å². The van der Waals surface area contributed by atoms with Gasteiger partial charge >= 0.3 is 0 Å². The molecule has 2 N–H and O–H groups in total. The number of carbonyl (C=O) groups is 1. The van der Waals surface area contributed by atoms with Crippen LogP contribution in [-0.2, 0) is 11.2 Å². The summed E-state index contributed by atoms with van der Waals surface area (Å²) < 4.78 is 0. The highest BCUT2D eigenvalue weighted by atomic mass is 35.5. The fourth-order valence-corrected chi connectivity index (χ4v) is 2.68. The van der Waals surface area contributed by atoms with E-state index in [1.807, 2.05) is 32.0 Å². The number of amides is 1. The van der Waals surface area contributed by atoms with E-state index in [0.29, 0.717) is 17.3 Å². The molecule has 0 bridgehead atoms. The maximum absolute atomic E-state index is 12.0. The Kier molecular flexibility index (Phi) is 3.75. The van der Waals surface area contributed by atoms with Gasteiger partial charge in [-0.05, 0) is 42.3 Å². The minimum atomic E-state index is -0.409. The van der Waals surface area contributed by atoms with Crippen molar-refractivity contribution in [3.8, 4) is 0 Å². The highest BCUT2D eigenvalue weighted by Crippen LogP contribution is 2.35. The van der Waals surface area contributed by atoms with Crippen molar-refractivity contribution in [2.24, 2.45) is 5.41 Å². The first kappa shape index (κ1) is 15.1. The molecule has 1 amide bonds. The van der Waals surface area contributed by atoms with Gasteiger partial charge in [-0.25, -0.2) is 4.98 Å². The smallest absolute Gasteiger partial charge is 0.230 e. The Morgan fingerprint density at radius 2 is 2.00 bits per heavy atom. The average Bonchev–Trinajstić information content (AvgIpc) is 2.44. The fraction of sp³-hybridized carbons (Fsp3) is 0.250. The Hall–Kier alpha value is -1.78. The first-order chi connectivity index (χ1) is 10.3. The van der Waals surface area contributed by atoms with Crippen LogP contribution in [0, 0.1) is 5.41 Å². The van der Waals surface area contributed by atoms with E-state index in [9.17, 15) is 4.79 Å². The summed E-state index contributed by atoms with van der Waals surface area (Å²) in [6.07, 6.45) is 0.693. The predicted molar refractivity (Wildman–Crippen MR) is 90.1 cm³/mol. The Labute approximate surface area is 138 Å². The number of hydrogen-bond acceptors (Lipinski definition) is 3. The Bertz CT molecular complexity index is 759. The molecule has 0 unspecified atom stereocenters. The summed E-state index contributed by atoms with van der Waals surface area (Å²) >= 11 is 11.8. The molecule has 0 fully saturated rings. The summed E-state index contributed by atoms with van der Waals surface area (Å²) in [5.41, 5.74) is 2.43. The minimum absolute atomic E-state index is 0.0480. The lowest BCUT2D eigenvalue weighted by atomic mass is 9.81. The Balaban J connectivity index is 1.88. The van der Waals surface area contributed by atoms with E-state index in [1.165, 1.54) is 0 Å². The number of nitrogens with one attached hydrogen (secondary N) is 2. The van der Waals surface area contributed by atoms with Gasteiger partial charge in [-0.1, -0.05) is 37.0 Å². The van der Waals surface area contributed by atoms with Crippen molar-refractivity contribution in [2.45, 2.75) is 20.3 Å². The molecule has 1 aliphatic rings. The van der Waals surface area contributed by atoms with Gasteiger partial charge in [-0.2, -0.15) is 0 Å². The molecular weight excluding hydrogens is 321 g/mol. The number of fused-ring (bicyclic) bond motifs is 1. The van der Waals surface area contributed by atoms with Crippen LogP contribution >= 0.6 is 23.2 Å². The lowest BCUT2D eigenvalue weighted by Gasteiger charge is -2.30. The van der Waals surface area contributed by atoms with Crippen molar-refractivity contribution in [2.75, 3.05) is 10.6 Å². The molecule has 2 heterocycles. The van der Waals surface area contributed by atoms with Crippen LogP contribution in [0.25, 0.3) is 0 Å². The van der Waals surface area contributed by atoms with Crippen LogP contribution in [0.3, 0.4) is 0 Å². The lowest BCUT2D eigenvalue weighted by Crippen LogP contribution is -2.37. The first-order valence-corrected chi connectivity index (χ1v) is 7.64. The molecule has 4 nitrogen and oxygen atoms in total. The number of anilines is 3. The maximum atomic E-state index is 12.0. The van der Waals surface area contributed by atoms with E-state index in [1.54, 1.807) is 12.1 Å². The third-order valence-corrected chi connectivity index (χ3v) is 4.37. The second-order valence-corrected chi connectivity index (χ2v) is 6.75. The third kappa shape index (κ3) is 2.89. The fourth-order valence-electron chi connectivity index (χ4n) is 2.42. The number of rotatable bonds is 2. The molecule has 1 aromatic carbocycles. The van der Waals surface area contributed by atoms with Crippen LogP contribution in [0.5, 0.6) is 0 Å². The highest BCUT2D eigenvalue weighted by Gasteiger charge is 2.33. The SMILES string of the molecule is CC1(C)Cc2cc(Nc3ccc(Cl)c(Cl)n3)ccc2NC1=O. The number of benzene rings is 1. The van der Waals surface area contributed by atoms with E-state index in [0.717, 1.165) is 16.9 Å². The van der Waals surface area contributed by atoms with Crippen molar-refractivity contribution in [3.63, 3.8) is 0 Å². The second-order valence-electron chi connectivity index (χ2n) is 5.98. The molecule has 2 aromatic rings. The molecular formula is C16H15Cl2N3O. The van der Waals surface area contributed by atoms with E-state index in [2.05, 4.69) is 15.6 Å². The molecule has 0 aliphatic carbocycles. The monoisotopic (exact) mass is 335 g/mol. The van der Waals surface area contributed by atoms with Gasteiger partial charge in [0.25, 0.3) is 0 Å². The summed E-state index contributed by atoms with van der Waals surface area (Å²) in [4.78, 5) is 16.1. The molecule has 114 valence electrons. The van der Waals surface area contributed by atoms with E-state index in [-0.39, 0.29) is 11.1 Å². The van der Waals surface area contributed by atoms with Crippen LogP contribution < -0.4 is 10.6 Å². The number of halogens is 2. The highest BCUT2D eigenvalue weighted by molar-refractivity contribution is 6.41. The number of pyridine rings is 1. The molecule has 0 saturated heterocycles. The summed E-state index contributed by atoms with van der Waals surface area (Å²) in [7, 11) is 0. The summed E-state index contributed by atoms with van der Waals surface area (Å²) in [5, 5.41) is 6.81. The van der Waals surface area contributed by atoms with E-state index in [4.69, 9.17) is 23.2 Å². The molecule has 6 heteroatoms. The van der Waals surface area contributed by atoms with Crippen molar-refractivity contribution in [1.82, 2.24) is 4.98 Å². The number of hydrogen-bond donors (Lipinski definition) is 2. The Morgan fingerprint density at radius 3 is 2.73 bits per heavy atom. The molecule has 3 rings (SSSR count). The number of aromatic nitrogens is 1. The normalized spacial score (nSPS) is 15.9. The molecule has 1 aromatic heterocycles. The van der Waals surface area contributed by atoms with Gasteiger partial charge in [0.1, 0.15) is 11.0 Å². The zero-order chi connectivity index (χ0) is 15.9. The van der Waals surface area contributed by atoms with Crippen molar-refractivity contribution in [3.05, 3.63) is 46.1 Å². The van der Waals surface area contributed by atoms with Crippen LogP contribution in [0.1, 0.15) is 19.4 Å². The van der Waals surface area contributed by atoms with Gasteiger partial charge in [0, 0.05) is 16.8 Å². The Morgan fingerprint density at radius 1 is 1.23 bits per heavy atom. The largest absolute Gasteiger partial charge is 0.340 e. The average molecular weight is 336 g/mol. The van der Waals surface area contributed by atoms with Gasteiger partial charge in [0.05, 0.1) is 5.02 Å². The summed E-state index contributed by atoms with van der Waals surface area (Å²) in [6.45, 7) is 3.87. The van der Waals surface area contributed by atoms with Crippen molar-refractivity contribution >= 4 is 46.3 Å². The van der Waals surface area contributed by atoms with Gasteiger partial charge in [-0.3, -0.25) is 4.79 Å². The summed E-state index contributed by atoms with van der Waals surface area (Å²) in [5.74, 6) is 0.667. The van der Waals surface area contributed by atoms with Gasteiger partial charge in [0.2, 0.25) is 5.91 Å². The lowest BCUT2D eigenvalue weighted by molar-refractivity contribution is -0.124. The standard InChI is InChI=1S/C16H15Cl2N3O/c1-16(2)8-9-7-10(3-5-12(9)20-15(16)22)19-13-6-4-11(17)14(18)21-13/h3-7H,8H2,1-2H3,(H,19,21)(H,20,22). The zero-order valence-corrected chi connectivity index (χ0v) is 13.7. The second kappa shape index (κ2) is 5.45. The van der Waals surface area contributed by atoms with Gasteiger partial charge in [-0.15, -0.1) is 0 Å². The molecule has 22 heavy (non-hydrogen) atoms. The first-order valence-electron chi connectivity index (χ1n) is 6.89.